The minimum atomic E-state index is -0.575. The summed E-state index contributed by atoms with van der Waals surface area (Å²) < 4.78 is 1.70. The molecule has 6 nitrogen and oxygen atoms in total. The molecule has 2 aromatic rings. The van der Waals surface area contributed by atoms with Crippen molar-refractivity contribution in [2.45, 2.75) is 32.9 Å². The molecule has 1 aromatic carbocycles. The highest BCUT2D eigenvalue weighted by Crippen LogP contribution is 2.19. The molecule has 0 radical (unpaired) electrons. The third-order valence-electron chi connectivity index (χ3n) is 3.24. The number of benzene rings is 1. The van der Waals surface area contributed by atoms with Crippen LogP contribution in [0.5, 0.6) is 0 Å². The Hall–Kier alpha value is -2.34. The average Bonchev–Trinajstić information content (AvgIpc) is 2.98. The van der Waals surface area contributed by atoms with Crippen molar-refractivity contribution in [3.8, 4) is 5.69 Å². The Morgan fingerprint density at radius 3 is 2.64 bits per heavy atom. The first kappa shape index (κ1) is 16.0. The van der Waals surface area contributed by atoms with E-state index < -0.39 is 6.10 Å². The molecule has 0 bridgehead atoms. The number of rotatable bonds is 5. The Balaban J connectivity index is 2.21. The Bertz CT molecular complexity index is 608. The number of nitrogens with one attached hydrogen (secondary N) is 1. The Morgan fingerprint density at radius 2 is 2.05 bits per heavy atom. The molecule has 2 rings (SSSR count). The Kier molecular flexibility index (Phi) is 5.16. The van der Waals surface area contributed by atoms with Crippen molar-refractivity contribution in [1.82, 2.24) is 14.7 Å². The maximum Gasteiger partial charge on any atom is 0.322 e. The van der Waals surface area contributed by atoms with Crippen molar-refractivity contribution < 1.29 is 9.90 Å². The van der Waals surface area contributed by atoms with Gasteiger partial charge in [-0.25, -0.2) is 9.48 Å². The first-order valence-electron chi connectivity index (χ1n) is 7.33. The van der Waals surface area contributed by atoms with E-state index in [0.29, 0.717) is 5.69 Å². The first-order valence-corrected chi connectivity index (χ1v) is 7.33. The first-order chi connectivity index (χ1) is 10.5. The number of aliphatic hydroxyl groups excluding tert-OH is 1. The summed E-state index contributed by atoms with van der Waals surface area (Å²) in [6.45, 7) is 5.79. The molecule has 0 saturated carbocycles. The number of amides is 2. The zero-order valence-electron chi connectivity index (χ0n) is 13.1. The molecule has 0 saturated heterocycles. The fourth-order valence-corrected chi connectivity index (χ4v) is 2.19. The van der Waals surface area contributed by atoms with Gasteiger partial charge in [-0.1, -0.05) is 12.1 Å². The SMILES string of the molecule is CC(O)CN(C(=O)Nc1ccccc1-n1cccn1)C(C)C. The van der Waals surface area contributed by atoms with E-state index in [1.807, 2.05) is 50.4 Å². The summed E-state index contributed by atoms with van der Waals surface area (Å²) in [6, 6.07) is 9.04. The molecule has 2 amide bonds. The maximum atomic E-state index is 12.5. The maximum absolute atomic E-state index is 12.5. The summed E-state index contributed by atoms with van der Waals surface area (Å²) in [4.78, 5) is 14.1. The van der Waals surface area contributed by atoms with Crippen molar-refractivity contribution >= 4 is 11.7 Å². The number of hydrogen-bond acceptors (Lipinski definition) is 3. The summed E-state index contributed by atoms with van der Waals surface area (Å²) in [5, 5.41) is 16.7. The number of carbonyl (C=O) groups excluding carboxylic acids is 1. The van der Waals surface area contributed by atoms with Crippen LogP contribution in [0.4, 0.5) is 10.5 Å². The summed E-state index contributed by atoms with van der Waals surface area (Å²) >= 11 is 0. The van der Waals surface area contributed by atoms with E-state index in [1.165, 1.54) is 0 Å². The van der Waals surface area contributed by atoms with E-state index in [2.05, 4.69) is 10.4 Å². The van der Waals surface area contributed by atoms with Gasteiger partial charge in [0, 0.05) is 25.0 Å². The number of aliphatic hydroxyl groups is 1. The third-order valence-corrected chi connectivity index (χ3v) is 3.24. The molecule has 0 fully saturated rings. The molecule has 1 unspecified atom stereocenters. The standard InChI is InChI=1S/C16H22N4O2/c1-12(2)19(11-13(3)21)16(22)18-14-7-4-5-8-15(14)20-10-6-9-17-20/h4-10,12-13,21H,11H2,1-3H3,(H,18,22). The molecule has 1 heterocycles. The quantitative estimate of drug-likeness (QED) is 0.891. The molecular weight excluding hydrogens is 280 g/mol. The highest BCUT2D eigenvalue weighted by atomic mass is 16.3. The second-order valence-corrected chi connectivity index (χ2v) is 5.49. The predicted octanol–water partition coefficient (Wildman–Crippen LogP) is 2.50. The zero-order chi connectivity index (χ0) is 16.1. The number of urea groups is 1. The number of hydrogen-bond donors (Lipinski definition) is 2. The predicted molar refractivity (Wildman–Crippen MR) is 86.1 cm³/mol. The summed E-state index contributed by atoms with van der Waals surface area (Å²) in [5.41, 5.74) is 1.47. The van der Waals surface area contributed by atoms with Gasteiger partial charge >= 0.3 is 6.03 Å². The molecule has 0 spiro atoms. The van der Waals surface area contributed by atoms with Gasteiger partial charge in [-0.3, -0.25) is 0 Å². The van der Waals surface area contributed by atoms with Crippen LogP contribution in [0.25, 0.3) is 5.69 Å². The van der Waals surface area contributed by atoms with E-state index in [0.717, 1.165) is 5.69 Å². The number of carbonyl (C=O) groups is 1. The van der Waals surface area contributed by atoms with Crippen LogP contribution in [-0.4, -0.2) is 44.5 Å². The van der Waals surface area contributed by atoms with Gasteiger partial charge in [0.15, 0.2) is 0 Å². The van der Waals surface area contributed by atoms with Gasteiger partial charge in [0.05, 0.1) is 17.5 Å². The Labute approximate surface area is 130 Å². The lowest BCUT2D eigenvalue weighted by atomic mass is 10.2. The monoisotopic (exact) mass is 302 g/mol. The summed E-state index contributed by atoms with van der Waals surface area (Å²) in [6.07, 6.45) is 2.93. The van der Waals surface area contributed by atoms with Crippen molar-refractivity contribution in [1.29, 1.82) is 0 Å². The van der Waals surface area contributed by atoms with Crippen LogP contribution in [0.1, 0.15) is 20.8 Å². The van der Waals surface area contributed by atoms with Gasteiger partial charge in [-0.05, 0) is 39.0 Å². The van der Waals surface area contributed by atoms with Crippen LogP contribution < -0.4 is 5.32 Å². The van der Waals surface area contributed by atoms with Crippen LogP contribution in [0, 0.1) is 0 Å². The number of anilines is 1. The molecule has 0 aliphatic heterocycles. The van der Waals surface area contributed by atoms with E-state index in [-0.39, 0.29) is 18.6 Å². The highest BCUT2D eigenvalue weighted by molar-refractivity contribution is 5.91. The molecule has 6 heteroatoms. The van der Waals surface area contributed by atoms with E-state index >= 15 is 0 Å². The topological polar surface area (TPSA) is 70.4 Å². The summed E-state index contributed by atoms with van der Waals surface area (Å²) in [5.74, 6) is 0. The van der Waals surface area contributed by atoms with Gasteiger partial charge in [-0.2, -0.15) is 5.10 Å². The molecule has 0 aliphatic carbocycles. The lowest BCUT2D eigenvalue weighted by Crippen LogP contribution is -2.43. The molecule has 1 atom stereocenters. The lowest BCUT2D eigenvalue weighted by molar-refractivity contribution is 0.125. The molecule has 0 aliphatic rings. The second kappa shape index (κ2) is 7.09. The van der Waals surface area contributed by atoms with E-state index in [9.17, 15) is 9.90 Å². The smallest absolute Gasteiger partial charge is 0.322 e. The van der Waals surface area contributed by atoms with Crippen LogP contribution in [0.15, 0.2) is 42.7 Å². The lowest BCUT2D eigenvalue weighted by Gasteiger charge is -2.28. The van der Waals surface area contributed by atoms with Crippen molar-refractivity contribution in [2.75, 3.05) is 11.9 Å². The molecule has 1 aromatic heterocycles. The van der Waals surface area contributed by atoms with Crippen molar-refractivity contribution in [3.63, 3.8) is 0 Å². The van der Waals surface area contributed by atoms with Crippen molar-refractivity contribution in [3.05, 3.63) is 42.7 Å². The van der Waals surface area contributed by atoms with Crippen LogP contribution in [0.3, 0.4) is 0 Å². The Morgan fingerprint density at radius 1 is 1.32 bits per heavy atom. The normalized spacial score (nSPS) is 12.2. The molecule has 2 N–H and O–H groups in total. The largest absolute Gasteiger partial charge is 0.392 e. The van der Waals surface area contributed by atoms with Crippen LogP contribution in [-0.2, 0) is 0 Å². The average molecular weight is 302 g/mol. The van der Waals surface area contributed by atoms with Crippen LogP contribution in [0.2, 0.25) is 0 Å². The molecular formula is C16H22N4O2. The van der Waals surface area contributed by atoms with Gasteiger partial charge in [0.1, 0.15) is 0 Å². The fraction of sp³-hybridized carbons (Fsp3) is 0.375. The highest BCUT2D eigenvalue weighted by Gasteiger charge is 2.19. The van der Waals surface area contributed by atoms with E-state index in [4.69, 9.17) is 0 Å². The van der Waals surface area contributed by atoms with Gasteiger partial charge < -0.3 is 15.3 Å². The minimum Gasteiger partial charge on any atom is -0.392 e. The summed E-state index contributed by atoms with van der Waals surface area (Å²) in [7, 11) is 0. The number of para-hydroxylation sites is 2. The second-order valence-electron chi connectivity index (χ2n) is 5.49. The van der Waals surface area contributed by atoms with Gasteiger partial charge in [0.2, 0.25) is 0 Å². The van der Waals surface area contributed by atoms with Crippen molar-refractivity contribution in [2.24, 2.45) is 0 Å². The van der Waals surface area contributed by atoms with Crippen LogP contribution >= 0.6 is 0 Å². The molecule has 118 valence electrons. The van der Waals surface area contributed by atoms with E-state index in [1.54, 1.807) is 22.7 Å². The number of nitrogens with zero attached hydrogens (tertiary/aromatic N) is 3. The zero-order valence-corrected chi connectivity index (χ0v) is 13.1. The molecule has 22 heavy (non-hydrogen) atoms. The van der Waals surface area contributed by atoms with Gasteiger partial charge in [-0.15, -0.1) is 0 Å². The fourth-order valence-electron chi connectivity index (χ4n) is 2.19. The minimum absolute atomic E-state index is 0.00790. The third kappa shape index (κ3) is 3.85. The van der Waals surface area contributed by atoms with Gasteiger partial charge in [0.25, 0.3) is 0 Å². The number of aromatic nitrogens is 2.